The molecule has 8 heteroatoms. The van der Waals surface area contributed by atoms with E-state index in [4.69, 9.17) is 14.0 Å². The van der Waals surface area contributed by atoms with Crippen molar-refractivity contribution in [3.63, 3.8) is 0 Å². The van der Waals surface area contributed by atoms with Gasteiger partial charge in [0.25, 0.3) is 0 Å². The Morgan fingerprint density at radius 2 is 1.96 bits per heavy atom. The fraction of sp³-hybridized carbons (Fsp3) is 0.737. The average molecular weight is 379 g/mol. The van der Waals surface area contributed by atoms with Gasteiger partial charge in [-0.1, -0.05) is 5.16 Å². The minimum Gasteiger partial charge on any atom is -0.381 e. The zero-order chi connectivity index (χ0) is 19.4. The number of carbonyl (C=O) groups excluding carboxylic acids is 2. The van der Waals surface area contributed by atoms with E-state index >= 15 is 0 Å². The van der Waals surface area contributed by atoms with E-state index < -0.39 is 0 Å². The van der Waals surface area contributed by atoms with Crippen molar-refractivity contribution in [2.75, 3.05) is 40.0 Å². The van der Waals surface area contributed by atoms with Gasteiger partial charge in [0.15, 0.2) is 0 Å². The summed E-state index contributed by atoms with van der Waals surface area (Å²) in [5, 5.41) is 3.92. The predicted octanol–water partition coefficient (Wildman–Crippen LogP) is 1.09. The number of ether oxygens (including phenoxy) is 2. The summed E-state index contributed by atoms with van der Waals surface area (Å²) in [7, 11) is 1.54. The van der Waals surface area contributed by atoms with Crippen LogP contribution in [0.25, 0.3) is 0 Å². The van der Waals surface area contributed by atoms with Gasteiger partial charge in [-0.25, -0.2) is 0 Å². The SMILES string of the molecule is COCC(=O)N(C1CCOCC1)C1CCN(C(=O)Cc2c(C)noc2C)C1. The summed E-state index contributed by atoms with van der Waals surface area (Å²) in [6.07, 6.45) is 2.75. The third-order valence-corrected chi connectivity index (χ3v) is 5.56. The smallest absolute Gasteiger partial charge is 0.249 e. The lowest BCUT2D eigenvalue weighted by molar-refractivity contribution is -0.143. The topological polar surface area (TPSA) is 85.1 Å². The Bertz CT molecular complexity index is 649. The summed E-state index contributed by atoms with van der Waals surface area (Å²) in [5.41, 5.74) is 1.62. The van der Waals surface area contributed by atoms with E-state index in [-0.39, 0.29) is 36.9 Å². The summed E-state index contributed by atoms with van der Waals surface area (Å²) in [4.78, 5) is 29.3. The zero-order valence-corrected chi connectivity index (χ0v) is 16.4. The van der Waals surface area contributed by atoms with E-state index in [1.807, 2.05) is 23.6 Å². The fourth-order valence-electron chi connectivity index (χ4n) is 4.08. The Kier molecular flexibility index (Phi) is 6.49. The van der Waals surface area contributed by atoms with Crippen LogP contribution in [-0.4, -0.2) is 78.9 Å². The Morgan fingerprint density at radius 3 is 2.59 bits per heavy atom. The molecule has 150 valence electrons. The number of carbonyl (C=O) groups is 2. The fourth-order valence-corrected chi connectivity index (χ4v) is 4.08. The average Bonchev–Trinajstić information content (AvgIpc) is 3.26. The van der Waals surface area contributed by atoms with Crippen molar-refractivity contribution in [3.05, 3.63) is 17.0 Å². The molecule has 1 aromatic heterocycles. The lowest BCUT2D eigenvalue weighted by atomic mass is 10.0. The van der Waals surface area contributed by atoms with Crippen LogP contribution in [0.1, 0.15) is 36.3 Å². The maximum Gasteiger partial charge on any atom is 0.249 e. The highest BCUT2D eigenvalue weighted by molar-refractivity contribution is 5.80. The first kappa shape index (κ1) is 19.8. The van der Waals surface area contributed by atoms with E-state index in [1.165, 1.54) is 7.11 Å². The van der Waals surface area contributed by atoms with Gasteiger partial charge in [-0.05, 0) is 33.1 Å². The van der Waals surface area contributed by atoms with E-state index in [0.717, 1.165) is 30.5 Å². The number of hydrogen-bond acceptors (Lipinski definition) is 6. The molecule has 1 unspecified atom stereocenters. The molecule has 2 amide bonds. The largest absolute Gasteiger partial charge is 0.381 e. The number of likely N-dealkylation sites (tertiary alicyclic amines) is 1. The minimum absolute atomic E-state index is 0.00516. The van der Waals surface area contributed by atoms with Crippen LogP contribution in [0.5, 0.6) is 0 Å². The summed E-state index contributed by atoms with van der Waals surface area (Å²) < 4.78 is 15.7. The van der Waals surface area contributed by atoms with Crippen LogP contribution in [-0.2, 0) is 25.5 Å². The van der Waals surface area contributed by atoms with Crippen molar-refractivity contribution in [1.82, 2.24) is 15.0 Å². The Labute approximate surface area is 159 Å². The molecule has 0 spiro atoms. The second kappa shape index (κ2) is 8.84. The molecule has 0 aromatic carbocycles. The van der Waals surface area contributed by atoms with Gasteiger partial charge in [0.2, 0.25) is 11.8 Å². The molecule has 1 atom stereocenters. The molecule has 2 aliphatic rings. The van der Waals surface area contributed by atoms with E-state index in [1.54, 1.807) is 0 Å². The van der Waals surface area contributed by atoms with Crippen molar-refractivity contribution in [2.45, 2.75) is 51.6 Å². The molecule has 0 radical (unpaired) electrons. The number of methoxy groups -OCH3 is 1. The Morgan fingerprint density at radius 1 is 1.22 bits per heavy atom. The van der Waals surface area contributed by atoms with Gasteiger partial charge in [-0.2, -0.15) is 0 Å². The molecule has 2 saturated heterocycles. The van der Waals surface area contributed by atoms with Gasteiger partial charge in [-0.3, -0.25) is 9.59 Å². The second-order valence-electron chi connectivity index (χ2n) is 7.34. The Balaban J connectivity index is 1.66. The third kappa shape index (κ3) is 4.50. The van der Waals surface area contributed by atoms with Crippen LogP contribution in [0.3, 0.4) is 0 Å². The van der Waals surface area contributed by atoms with Gasteiger partial charge in [0.05, 0.1) is 18.2 Å². The Hall–Kier alpha value is -1.93. The van der Waals surface area contributed by atoms with Gasteiger partial charge in [-0.15, -0.1) is 0 Å². The van der Waals surface area contributed by atoms with E-state index in [9.17, 15) is 9.59 Å². The first-order valence-corrected chi connectivity index (χ1v) is 9.58. The summed E-state index contributed by atoms with van der Waals surface area (Å²) in [6.45, 7) is 6.31. The van der Waals surface area contributed by atoms with Crippen LogP contribution in [0.4, 0.5) is 0 Å². The minimum atomic E-state index is -0.00516. The maximum absolute atomic E-state index is 12.8. The molecule has 8 nitrogen and oxygen atoms in total. The van der Waals surface area contributed by atoms with Crippen LogP contribution in [0.15, 0.2) is 4.52 Å². The first-order chi connectivity index (χ1) is 13.0. The van der Waals surface area contributed by atoms with Gasteiger partial charge in [0, 0.05) is 45.0 Å². The summed E-state index contributed by atoms with van der Waals surface area (Å²) in [5.74, 6) is 0.739. The standard InChI is InChI=1S/C19H29N3O5/c1-13-17(14(2)27-20-13)10-18(23)21-7-4-16(11-21)22(19(24)12-25-3)15-5-8-26-9-6-15/h15-16H,4-12H2,1-3H3. The predicted molar refractivity (Wildman–Crippen MR) is 97.2 cm³/mol. The molecule has 0 aliphatic carbocycles. The molecular weight excluding hydrogens is 350 g/mol. The number of amides is 2. The highest BCUT2D eigenvalue weighted by atomic mass is 16.5. The third-order valence-electron chi connectivity index (χ3n) is 5.56. The molecule has 3 rings (SSSR count). The second-order valence-corrected chi connectivity index (χ2v) is 7.34. The van der Waals surface area contributed by atoms with Crippen LogP contribution >= 0.6 is 0 Å². The molecule has 1 aromatic rings. The number of rotatable bonds is 6. The van der Waals surface area contributed by atoms with E-state index in [2.05, 4.69) is 5.16 Å². The molecule has 0 saturated carbocycles. The summed E-state index contributed by atoms with van der Waals surface area (Å²) in [6, 6.07) is 0.188. The number of nitrogens with zero attached hydrogens (tertiary/aromatic N) is 3. The highest BCUT2D eigenvalue weighted by Gasteiger charge is 2.37. The summed E-state index contributed by atoms with van der Waals surface area (Å²) >= 11 is 0. The molecule has 2 aliphatic heterocycles. The van der Waals surface area contributed by atoms with Crippen LogP contribution in [0, 0.1) is 13.8 Å². The van der Waals surface area contributed by atoms with Crippen molar-refractivity contribution < 1.29 is 23.6 Å². The van der Waals surface area contributed by atoms with Crippen molar-refractivity contribution in [2.24, 2.45) is 0 Å². The molecule has 0 N–H and O–H groups in total. The quantitative estimate of drug-likeness (QED) is 0.736. The molecule has 0 bridgehead atoms. The highest BCUT2D eigenvalue weighted by Crippen LogP contribution is 2.25. The van der Waals surface area contributed by atoms with E-state index in [0.29, 0.717) is 32.1 Å². The number of hydrogen-bond donors (Lipinski definition) is 0. The van der Waals surface area contributed by atoms with Gasteiger partial charge >= 0.3 is 0 Å². The molecule has 3 heterocycles. The number of aromatic nitrogens is 1. The monoisotopic (exact) mass is 379 g/mol. The normalized spacial score (nSPS) is 20.9. The molecule has 2 fully saturated rings. The molecule has 27 heavy (non-hydrogen) atoms. The van der Waals surface area contributed by atoms with Crippen molar-refractivity contribution >= 4 is 11.8 Å². The lowest BCUT2D eigenvalue weighted by Gasteiger charge is -2.38. The maximum atomic E-state index is 12.8. The van der Waals surface area contributed by atoms with Gasteiger partial charge < -0.3 is 23.8 Å². The van der Waals surface area contributed by atoms with Crippen LogP contribution < -0.4 is 0 Å². The first-order valence-electron chi connectivity index (χ1n) is 9.58. The van der Waals surface area contributed by atoms with Crippen molar-refractivity contribution in [3.8, 4) is 0 Å². The zero-order valence-electron chi connectivity index (χ0n) is 16.4. The lowest BCUT2D eigenvalue weighted by Crippen LogP contribution is -2.51. The van der Waals surface area contributed by atoms with Crippen LogP contribution in [0.2, 0.25) is 0 Å². The van der Waals surface area contributed by atoms with Crippen molar-refractivity contribution in [1.29, 1.82) is 0 Å². The molecular formula is C19H29N3O5. The van der Waals surface area contributed by atoms with Gasteiger partial charge in [0.1, 0.15) is 12.4 Å². The number of aryl methyl sites for hydroxylation is 2.